The molecule has 142 valence electrons. The lowest BCUT2D eigenvalue weighted by Gasteiger charge is -2.25. The van der Waals surface area contributed by atoms with E-state index < -0.39 is 0 Å². The molecular formula is C23H21FN2O2. The molecule has 1 aliphatic carbocycles. The van der Waals surface area contributed by atoms with E-state index in [1.54, 1.807) is 24.7 Å². The lowest BCUT2D eigenvalue weighted by molar-refractivity contribution is -0.108. The van der Waals surface area contributed by atoms with Crippen molar-refractivity contribution in [3.8, 4) is 5.75 Å². The van der Waals surface area contributed by atoms with E-state index in [4.69, 9.17) is 4.74 Å². The zero-order chi connectivity index (χ0) is 19.3. The second-order valence-corrected chi connectivity index (χ2v) is 6.89. The first-order valence-electron chi connectivity index (χ1n) is 9.35. The average Bonchev–Trinajstić information content (AvgIpc) is 3.23. The Kier molecular flexibility index (Phi) is 5.33. The van der Waals surface area contributed by atoms with Crippen LogP contribution in [0.5, 0.6) is 5.75 Å². The molecule has 1 aliphatic rings. The van der Waals surface area contributed by atoms with E-state index in [9.17, 15) is 9.18 Å². The highest BCUT2D eigenvalue weighted by Gasteiger charge is 2.24. The van der Waals surface area contributed by atoms with E-state index in [-0.39, 0.29) is 11.7 Å². The van der Waals surface area contributed by atoms with Crippen LogP contribution in [-0.4, -0.2) is 22.4 Å². The van der Waals surface area contributed by atoms with E-state index in [1.165, 1.54) is 12.1 Å². The minimum absolute atomic E-state index is 0.261. The minimum Gasteiger partial charge on any atom is -0.492 e. The number of imidazole rings is 1. The van der Waals surface area contributed by atoms with Crippen LogP contribution in [0.15, 0.2) is 66.8 Å². The number of hydrogen-bond donors (Lipinski definition) is 0. The fraction of sp³-hybridized carbons (Fsp3) is 0.217. The summed E-state index contributed by atoms with van der Waals surface area (Å²) in [5, 5.41) is 0. The molecule has 1 unspecified atom stereocenters. The Hall–Kier alpha value is -3.21. The van der Waals surface area contributed by atoms with Gasteiger partial charge in [-0.15, -0.1) is 0 Å². The van der Waals surface area contributed by atoms with Crippen LogP contribution in [0.3, 0.4) is 0 Å². The number of benzene rings is 2. The van der Waals surface area contributed by atoms with Crippen molar-refractivity contribution in [2.45, 2.75) is 25.3 Å². The molecule has 1 heterocycles. The van der Waals surface area contributed by atoms with E-state index in [2.05, 4.69) is 4.98 Å². The van der Waals surface area contributed by atoms with Crippen LogP contribution in [0.1, 0.15) is 29.0 Å². The highest BCUT2D eigenvalue weighted by Crippen LogP contribution is 2.37. The molecule has 0 N–H and O–H groups in total. The number of fused-ring (bicyclic) bond motifs is 1. The van der Waals surface area contributed by atoms with Gasteiger partial charge in [0.2, 0.25) is 0 Å². The Labute approximate surface area is 163 Å². The van der Waals surface area contributed by atoms with E-state index >= 15 is 0 Å². The molecule has 1 aromatic heterocycles. The molecule has 0 amide bonds. The number of carbonyl (C=O) groups excluding carboxylic acids is 1. The molecule has 0 saturated carbocycles. The van der Waals surface area contributed by atoms with Crippen molar-refractivity contribution >= 4 is 12.4 Å². The number of aldehydes is 1. The van der Waals surface area contributed by atoms with E-state index in [1.807, 2.05) is 35.0 Å². The molecule has 0 saturated heterocycles. The number of carbonyl (C=O) groups is 1. The van der Waals surface area contributed by atoms with E-state index in [0.717, 1.165) is 53.7 Å². The molecule has 2 aromatic carbocycles. The maximum absolute atomic E-state index is 13.1. The number of allylic oxidation sites excluding steroid dienone is 1. The number of nitrogens with zero attached hydrogens (tertiary/aromatic N) is 2. The number of aryl methyl sites for hydroxylation is 1. The largest absolute Gasteiger partial charge is 0.492 e. The van der Waals surface area contributed by atoms with Crippen LogP contribution >= 0.6 is 0 Å². The van der Waals surface area contributed by atoms with Gasteiger partial charge in [-0.1, -0.05) is 29.8 Å². The summed E-state index contributed by atoms with van der Waals surface area (Å²) in [7, 11) is 0. The topological polar surface area (TPSA) is 44.1 Å². The second-order valence-electron chi connectivity index (χ2n) is 6.89. The Morgan fingerprint density at radius 1 is 1.18 bits per heavy atom. The normalized spacial score (nSPS) is 17.3. The molecule has 0 bridgehead atoms. The SMILES string of the molecule is O=CC1/C(=C/c2ccc(F)cc2)CCc2cc(OCCn3ccnc3)ccc21. The molecule has 3 aromatic rings. The van der Waals surface area contributed by atoms with Gasteiger partial charge in [-0.25, -0.2) is 9.37 Å². The van der Waals surface area contributed by atoms with Crippen LogP contribution < -0.4 is 4.74 Å². The van der Waals surface area contributed by atoms with Gasteiger partial charge in [0.1, 0.15) is 24.5 Å². The third-order valence-corrected chi connectivity index (χ3v) is 5.07. The summed E-state index contributed by atoms with van der Waals surface area (Å²) in [4.78, 5) is 15.8. The number of aromatic nitrogens is 2. The predicted molar refractivity (Wildman–Crippen MR) is 106 cm³/mol. The van der Waals surface area contributed by atoms with Crippen LogP contribution in [0.25, 0.3) is 6.08 Å². The van der Waals surface area contributed by atoms with Crippen molar-refractivity contribution in [1.29, 1.82) is 0 Å². The first-order chi connectivity index (χ1) is 13.7. The lowest BCUT2D eigenvalue weighted by Crippen LogP contribution is -2.14. The van der Waals surface area contributed by atoms with Gasteiger partial charge in [-0.3, -0.25) is 0 Å². The number of hydrogen-bond acceptors (Lipinski definition) is 3. The number of halogens is 1. The lowest BCUT2D eigenvalue weighted by atomic mass is 9.79. The van der Waals surface area contributed by atoms with Crippen molar-refractivity contribution in [2.75, 3.05) is 6.61 Å². The average molecular weight is 376 g/mol. The molecule has 4 rings (SSSR count). The molecule has 5 heteroatoms. The highest BCUT2D eigenvalue weighted by molar-refractivity contribution is 5.74. The summed E-state index contributed by atoms with van der Waals surface area (Å²) in [6.07, 6.45) is 10.1. The van der Waals surface area contributed by atoms with Crippen molar-refractivity contribution in [3.05, 3.63) is 89.3 Å². The third-order valence-electron chi connectivity index (χ3n) is 5.07. The smallest absolute Gasteiger partial charge is 0.131 e. The Balaban J connectivity index is 1.49. The summed E-state index contributed by atoms with van der Waals surface area (Å²) in [6.45, 7) is 1.29. The van der Waals surface area contributed by atoms with Gasteiger partial charge in [-0.2, -0.15) is 0 Å². The Bertz CT molecular complexity index is 978. The number of ether oxygens (including phenoxy) is 1. The molecule has 4 nitrogen and oxygen atoms in total. The van der Waals surface area contributed by atoms with Crippen molar-refractivity contribution in [2.24, 2.45) is 0 Å². The summed E-state index contributed by atoms with van der Waals surface area (Å²) in [6, 6.07) is 12.3. The van der Waals surface area contributed by atoms with Crippen LogP contribution in [-0.2, 0) is 17.8 Å². The van der Waals surface area contributed by atoms with Crippen LogP contribution in [0, 0.1) is 5.82 Å². The Morgan fingerprint density at radius 3 is 2.79 bits per heavy atom. The van der Waals surface area contributed by atoms with Crippen LogP contribution in [0.4, 0.5) is 4.39 Å². The Morgan fingerprint density at radius 2 is 2.04 bits per heavy atom. The summed E-state index contributed by atoms with van der Waals surface area (Å²) in [5.41, 5.74) is 4.14. The summed E-state index contributed by atoms with van der Waals surface area (Å²) in [5.74, 6) is 0.284. The van der Waals surface area contributed by atoms with Gasteiger partial charge in [0, 0.05) is 12.4 Å². The predicted octanol–water partition coefficient (Wildman–Crippen LogP) is 4.41. The first kappa shape index (κ1) is 18.2. The molecule has 0 aliphatic heterocycles. The monoisotopic (exact) mass is 376 g/mol. The van der Waals surface area contributed by atoms with Crippen molar-refractivity contribution in [1.82, 2.24) is 9.55 Å². The fourth-order valence-corrected chi connectivity index (χ4v) is 3.61. The van der Waals surface area contributed by atoms with Gasteiger partial charge < -0.3 is 14.1 Å². The van der Waals surface area contributed by atoms with Gasteiger partial charge in [0.15, 0.2) is 0 Å². The molecule has 0 radical (unpaired) electrons. The standard InChI is InChI=1S/C23H21FN2O2/c24-20-5-1-17(2-6-20)13-18-3-4-19-14-21(7-8-22(19)23(18)15-27)28-12-11-26-10-9-25-16-26/h1-2,5-10,13-16,23H,3-4,11-12H2/b18-13+. The van der Waals surface area contributed by atoms with Crippen molar-refractivity contribution in [3.63, 3.8) is 0 Å². The number of rotatable bonds is 6. The van der Waals surface area contributed by atoms with Gasteiger partial charge in [0.05, 0.1) is 18.8 Å². The molecule has 1 atom stereocenters. The minimum atomic E-state index is -0.270. The summed E-state index contributed by atoms with van der Waals surface area (Å²) < 4.78 is 20.9. The van der Waals surface area contributed by atoms with E-state index in [0.29, 0.717) is 6.61 Å². The van der Waals surface area contributed by atoms with Crippen LogP contribution in [0.2, 0.25) is 0 Å². The maximum atomic E-state index is 13.1. The zero-order valence-electron chi connectivity index (χ0n) is 15.4. The van der Waals surface area contributed by atoms with Gasteiger partial charge >= 0.3 is 0 Å². The van der Waals surface area contributed by atoms with Gasteiger partial charge in [0.25, 0.3) is 0 Å². The molecule has 28 heavy (non-hydrogen) atoms. The highest BCUT2D eigenvalue weighted by atomic mass is 19.1. The zero-order valence-corrected chi connectivity index (χ0v) is 15.4. The first-order valence-corrected chi connectivity index (χ1v) is 9.35. The third kappa shape index (κ3) is 4.03. The maximum Gasteiger partial charge on any atom is 0.131 e. The quantitative estimate of drug-likeness (QED) is 0.599. The van der Waals surface area contributed by atoms with Crippen molar-refractivity contribution < 1.29 is 13.9 Å². The molecule has 0 spiro atoms. The van der Waals surface area contributed by atoms with Gasteiger partial charge in [-0.05, 0) is 53.8 Å². The second kappa shape index (κ2) is 8.21. The fourth-order valence-electron chi connectivity index (χ4n) is 3.61. The molecule has 0 fully saturated rings. The summed E-state index contributed by atoms with van der Waals surface area (Å²) >= 11 is 0. The molecular weight excluding hydrogens is 355 g/mol.